The first-order valence-electron chi connectivity index (χ1n) is 7.29. The summed E-state index contributed by atoms with van der Waals surface area (Å²) in [6, 6.07) is 8.81. The number of benzene rings is 2. The van der Waals surface area contributed by atoms with Gasteiger partial charge in [0, 0.05) is 18.5 Å². The number of nitro benzene ring substituents is 1. The van der Waals surface area contributed by atoms with Crippen LogP contribution in [0.4, 0.5) is 15.8 Å². The summed E-state index contributed by atoms with van der Waals surface area (Å²) < 4.78 is 41.0. The average Bonchev–Trinajstić information content (AvgIpc) is 2.85. The molecule has 0 bridgehead atoms. The SMILES string of the molecule is Cc1cc(F)c([N+](=O)[O-])cc1S(=O)(=O)N1CC(C)c2ccccc21. The molecule has 0 radical (unpaired) electrons. The number of halogens is 1. The Kier molecular flexibility index (Phi) is 3.79. The summed E-state index contributed by atoms with van der Waals surface area (Å²) in [5.41, 5.74) is 0.738. The second kappa shape index (κ2) is 5.55. The molecule has 0 spiro atoms. The molecule has 0 saturated carbocycles. The van der Waals surface area contributed by atoms with Gasteiger partial charge in [-0.2, -0.15) is 4.39 Å². The summed E-state index contributed by atoms with van der Waals surface area (Å²) in [5.74, 6) is -1.04. The fourth-order valence-corrected chi connectivity index (χ4v) is 4.79. The summed E-state index contributed by atoms with van der Waals surface area (Å²) >= 11 is 0. The molecule has 2 aromatic carbocycles. The molecule has 1 unspecified atom stereocenters. The van der Waals surface area contributed by atoms with Crippen LogP contribution in [0.25, 0.3) is 0 Å². The molecule has 126 valence electrons. The summed E-state index contributed by atoms with van der Waals surface area (Å²) in [6.45, 7) is 3.58. The van der Waals surface area contributed by atoms with E-state index < -0.39 is 26.5 Å². The molecule has 1 atom stereocenters. The van der Waals surface area contributed by atoms with Crippen LogP contribution >= 0.6 is 0 Å². The predicted molar refractivity (Wildman–Crippen MR) is 87.2 cm³/mol. The Morgan fingerprint density at radius 3 is 2.62 bits per heavy atom. The van der Waals surface area contributed by atoms with Crippen molar-refractivity contribution in [2.75, 3.05) is 10.8 Å². The monoisotopic (exact) mass is 350 g/mol. The molecule has 0 aromatic heterocycles. The van der Waals surface area contributed by atoms with E-state index in [1.807, 2.05) is 19.1 Å². The van der Waals surface area contributed by atoms with Crippen molar-refractivity contribution in [1.29, 1.82) is 0 Å². The third-order valence-electron chi connectivity index (χ3n) is 4.19. The minimum Gasteiger partial charge on any atom is -0.265 e. The van der Waals surface area contributed by atoms with Gasteiger partial charge in [0.15, 0.2) is 0 Å². The number of anilines is 1. The van der Waals surface area contributed by atoms with Gasteiger partial charge in [-0.05, 0) is 30.2 Å². The minimum atomic E-state index is -4.03. The molecule has 1 aliphatic heterocycles. The molecule has 0 N–H and O–H groups in total. The molecule has 1 heterocycles. The Hall–Kier alpha value is -2.48. The van der Waals surface area contributed by atoms with Crippen molar-refractivity contribution in [3.8, 4) is 0 Å². The van der Waals surface area contributed by atoms with Gasteiger partial charge in [0.05, 0.1) is 15.5 Å². The van der Waals surface area contributed by atoms with Crippen LogP contribution in [0.5, 0.6) is 0 Å². The molecule has 6 nitrogen and oxygen atoms in total. The van der Waals surface area contributed by atoms with E-state index in [0.717, 1.165) is 17.7 Å². The van der Waals surface area contributed by atoms with Gasteiger partial charge < -0.3 is 0 Å². The van der Waals surface area contributed by atoms with Crippen molar-refractivity contribution >= 4 is 21.4 Å². The topological polar surface area (TPSA) is 80.5 Å². The predicted octanol–water partition coefficient (Wildman–Crippen LogP) is 3.35. The van der Waals surface area contributed by atoms with E-state index in [4.69, 9.17) is 0 Å². The lowest BCUT2D eigenvalue weighted by Gasteiger charge is -2.21. The number of para-hydroxylation sites is 1. The Bertz CT molecular complexity index is 943. The van der Waals surface area contributed by atoms with Crippen LogP contribution in [0.1, 0.15) is 24.0 Å². The van der Waals surface area contributed by atoms with Crippen LogP contribution in [0.15, 0.2) is 41.3 Å². The highest BCUT2D eigenvalue weighted by atomic mass is 32.2. The number of hydrogen-bond acceptors (Lipinski definition) is 4. The van der Waals surface area contributed by atoms with Crippen molar-refractivity contribution in [1.82, 2.24) is 0 Å². The number of nitro groups is 1. The Labute approximate surface area is 138 Å². The van der Waals surface area contributed by atoms with Gasteiger partial charge in [-0.15, -0.1) is 0 Å². The minimum absolute atomic E-state index is 0.00622. The van der Waals surface area contributed by atoms with Crippen molar-refractivity contribution in [2.45, 2.75) is 24.7 Å². The Morgan fingerprint density at radius 2 is 1.96 bits per heavy atom. The third-order valence-corrected chi connectivity index (χ3v) is 6.11. The van der Waals surface area contributed by atoms with Gasteiger partial charge in [-0.3, -0.25) is 14.4 Å². The van der Waals surface area contributed by atoms with Gasteiger partial charge in [0.2, 0.25) is 5.82 Å². The summed E-state index contributed by atoms with van der Waals surface area (Å²) in [4.78, 5) is 9.77. The molecule has 1 aliphatic rings. The van der Waals surface area contributed by atoms with Gasteiger partial charge in [-0.25, -0.2) is 8.42 Å². The average molecular weight is 350 g/mol. The number of nitrogens with zero attached hydrogens (tertiary/aromatic N) is 2. The van der Waals surface area contributed by atoms with E-state index in [0.29, 0.717) is 5.69 Å². The molecular formula is C16H15FN2O4S. The van der Waals surface area contributed by atoms with Crippen LogP contribution < -0.4 is 4.31 Å². The number of hydrogen-bond donors (Lipinski definition) is 0. The number of sulfonamides is 1. The maximum Gasteiger partial charge on any atom is 0.306 e. The van der Waals surface area contributed by atoms with Crippen LogP contribution in [0, 0.1) is 22.9 Å². The van der Waals surface area contributed by atoms with E-state index in [9.17, 15) is 22.9 Å². The lowest BCUT2D eigenvalue weighted by Crippen LogP contribution is -2.30. The first kappa shape index (κ1) is 16.4. The van der Waals surface area contributed by atoms with Crippen molar-refractivity contribution in [3.63, 3.8) is 0 Å². The van der Waals surface area contributed by atoms with Gasteiger partial charge in [0.25, 0.3) is 10.0 Å². The first-order chi connectivity index (χ1) is 11.2. The second-order valence-electron chi connectivity index (χ2n) is 5.82. The largest absolute Gasteiger partial charge is 0.306 e. The zero-order chi connectivity index (χ0) is 17.6. The van der Waals surface area contributed by atoms with Crippen LogP contribution in [-0.4, -0.2) is 19.9 Å². The lowest BCUT2D eigenvalue weighted by atomic mass is 10.0. The molecule has 0 fully saturated rings. The quantitative estimate of drug-likeness (QED) is 0.628. The molecule has 0 aliphatic carbocycles. The Morgan fingerprint density at radius 1 is 1.29 bits per heavy atom. The number of rotatable bonds is 3. The number of fused-ring (bicyclic) bond motifs is 1. The fourth-order valence-electron chi connectivity index (χ4n) is 2.98. The van der Waals surface area contributed by atoms with Crippen molar-refractivity contribution in [3.05, 3.63) is 63.5 Å². The van der Waals surface area contributed by atoms with Crippen LogP contribution in [-0.2, 0) is 10.0 Å². The van der Waals surface area contributed by atoms with E-state index in [2.05, 4.69) is 0 Å². The molecule has 0 saturated heterocycles. The summed E-state index contributed by atoms with van der Waals surface area (Å²) in [6.07, 6.45) is 0. The van der Waals surface area contributed by atoms with Crippen LogP contribution in [0.2, 0.25) is 0 Å². The van der Waals surface area contributed by atoms with Gasteiger partial charge in [0.1, 0.15) is 0 Å². The third kappa shape index (κ3) is 2.43. The molecular weight excluding hydrogens is 335 g/mol. The molecule has 24 heavy (non-hydrogen) atoms. The molecule has 8 heteroatoms. The fraction of sp³-hybridized carbons (Fsp3) is 0.250. The summed E-state index contributed by atoms with van der Waals surface area (Å²) in [7, 11) is -4.03. The lowest BCUT2D eigenvalue weighted by molar-refractivity contribution is -0.387. The Balaban J connectivity index is 2.17. The maximum atomic E-state index is 13.7. The van der Waals surface area contributed by atoms with Gasteiger partial charge in [-0.1, -0.05) is 25.1 Å². The highest BCUT2D eigenvalue weighted by molar-refractivity contribution is 7.93. The van der Waals surface area contributed by atoms with E-state index in [-0.39, 0.29) is 22.9 Å². The van der Waals surface area contributed by atoms with E-state index in [1.54, 1.807) is 12.1 Å². The van der Waals surface area contributed by atoms with Crippen molar-refractivity contribution in [2.24, 2.45) is 0 Å². The standard InChI is InChI=1S/C16H15FN2O4S/c1-10-7-13(17)15(19(20)21)8-16(10)24(22,23)18-9-11(2)12-5-3-4-6-14(12)18/h3-8,11H,9H2,1-2H3. The molecule has 2 aromatic rings. The maximum absolute atomic E-state index is 13.7. The first-order valence-corrected chi connectivity index (χ1v) is 8.73. The highest BCUT2D eigenvalue weighted by Gasteiger charge is 2.36. The molecule has 3 rings (SSSR count). The highest BCUT2D eigenvalue weighted by Crippen LogP contribution is 2.40. The second-order valence-corrected chi connectivity index (χ2v) is 7.65. The zero-order valence-electron chi connectivity index (χ0n) is 13.1. The van der Waals surface area contributed by atoms with E-state index >= 15 is 0 Å². The van der Waals surface area contributed by atoms with Gasteiger partial charge >= 0.3 is 5.69 Å². The summed E-state index contributed by atoms with van der Waals surface area (Å²) in [5, 5.41) is 10.9. The smallest absolute Gasteiger partial charge is 0.265 e. The van der Waals surface area contributed by atoms with Crippen LogP contribution in [0.3, 0.4) is 0 Å². The normalized spacial score (nSPS) is 17.0. The molecule has 0 amide bonds. The zero-order valence-corrected chi connectivity index (χ0v) is 13.9. The number of aryl methyl sites for hydroxylation is 1. The van der Waals surface area contributed by atoms with Crippen molar-refractivity contribution < 1.29 is 17.7 Å². The van der Waals surface area contributed by atoms with E-state index in [1.165, 1.54) is 11.2 Å².